The number of anilines is 2. The van der Waals surface area contributed by atoms with Gasteiger partial charge >= 0.3 is 0 Å². The molecule has 0 aliphatic carbocycles. The molecule has 3 aromatic carbocycles. The molecular weight excluding hydrogens is 330 g/mol. The molecule has 3 heteroatoms. The van der Waals surface area contributed by atoms with Crippen LogP contribution in [0.3, 0.4) is 0 Å². The van der Waals surface area contributed by atoms with Crippen LogP contribution in [0, 0.1) is 6.92 Å². The lowest BCUT2D eigenvalue weighted by Gasteiger charge is -2.30. The van der Waals surface area contributed by atoms with E-state index in [9.17, 15) is 4.79 Å². The highest BCUT2D eigenvalue weighted by atomic mass is 35.5. The minimum absolute atomic E-state index is 0.0526. The Morgan fingerprint density at radius 2 is 1.68 bits per heavy atom. The first-order valence-corrected chi connectivity index (χ1v) is 8.75. The number of carbonyl (C=O) groups excluding carboxylic acids is 1. The first-order chi connectivity index (χ1) is 12.1. The zero-order valence-corrected chi connectivity index (χ0v) is 14.7. The maximum atomic E-state index is 12.9. The number of rotatable bonds is 3. The third-order valence-corrected chi connectivity index (χ3v) is 5.09. The quantitative estimate of drug-likeness (QED) is 0.579. The normalized spacial score (nSPS) is 15.0. The standard InChI is InChI=1S/C22H18ClNO/c1-14-5-4-8-20-22(14)18(17-6-2-3-7-19(17)24-20)13-21(25)15-9-11-16(23)12-10-15/h2-12,18,24H,13H2,1H3. The number of benzene rings is 3. The maximum Gasteiger partial charge on any atom is 0.163 e. The van der Waals surface area contributed by atoms with Gasteiger partial charge in [-0.25, -0.2) is 0 Å². The lowest BCUT2D eigenvalue weighted by Crippen LogP contribution is -2.17. The topological polar surface area (TPSA) is 29.1 Å². The molecule has 1 aliphatic rings. The number of nitrogens with one attached hydrogen (secondary N) is 1. The first kappa shape index (κ1) is 15.9. The van der Waals surface area contributed by atoms with Gasteiger partial charge in [0.05, 0.1) is 0 Å². The average Bonchev–Trinajstić information content (AvgIpc) is 2.62. The van der Waals surface area contributed by atoms with Gasteiger partial charge < -0.3 is 5.32 Å². The molecule has 0 aromatic heterocycles. The Balaban J connectivity index is 1.76. The van der Waals surface area contributed by atoms with Crippen LogP contribution >= 0.6 is 11.6 Å². The number of halogens is 1. The van der Waals surface area contributed by atoms with Crippen LogP contribution in [0.25, 0.3) is 0 Å². The van der Waals surface area contributed by atoms with E-state index in [1.807, 2.05) is 18.2 Å². The molecule has 0 bridgehead atoms. The van der Waals surface area contributed by atoms with Crippen molar-refractivity contribution >= 4 is 28.8 Å². The van der Waals surface area contributed by atoms with Gasteiger partial charge in [0.25, 0.3) is 0 Å². The highest BCUT2D eigenvalue weighted by molar-refractivity contribution is 6.30. The van der Waals surface area contributed by atoms with Gasteiger partial charge in [-0.15, -0.1) is 0 Å². The summed E-state index contributed by atoms with van der Waals surface area (Å²) in [7, 11) is 0. The summed E-state index contributed by atoms with van der Waals surface area (Å²) in [5.41, 5.74) is 6.46. The summed E-state index contributed by atoms with van der Waals surface area (Å²) in [5, 5.41) is 4.15. The molecule has 2 nitrogen and oxygen atoms in total. The van der Waals surface area contributed by atoms with Crippen molar-refractivity contribution in [3.8, 4) is 0 Å². The second kappa shape index (κ2) is 6.38. The van der Waals surface area contributed by atoms with Gasteiger partial charge in [0.2, 0.25) is 0 Å². The molecule has 1 N–H and O–H groups in total. The molecule has 0 fully saturated rings. The van der Waals surface area contributed by atoms with E-state index in [2.05, 4.69) is 36.5 Å². The predicted octanol–water partition coefficient (Wildman–Crippen LogP) is 6.11. The minimum Gasteiger partial charge on any atom is -0.355 e. The van der Waals surface area contributed by atoms with Crippen molar-refractivity contribution in [1.29, 1.82) is 0 Å². The molecular formula is C22H18ClNO. The van der Waals surface area contributed by atoms with Gasteiger partial charge in [0.15, 0.2) is 5.78 Å². The van der Waals surface area contributed by atoms with Crippen molar-refractivity contribution < 1.29 is 4.79 Å². The number of ketones is 1. The van der Waals surface area contributed by atoms with Gasteiger partial charge in [-0.2, -0.15) is 0 Å². The average molecular weight is 348 g/mol. The number of aryl methyl sites for hydroxylation is 1. The molecule has 0 amide bonds. The van der Waals surface area contributed by atoms with Crippen molar-refractivity contribution in [2.45, 2.75) is 19.3 Å². The molecule has 1 heterocycles. The van der Waals surface area contributed by atoms with Crippen LogP contribution in [-0.2, 0) is 0 Å². The Morgan fingerprint density at radius 3 is 2.48 bits per heavy atom. The van der Waals surface area contributed by atoms with Gasteiger partial charge in [0, 0.05) is 34.3 Å². The van der Waals surface area contributed by atoms with Crippen LogP contribution in [0.15, 0.2) is 66.7 Å². The fourth-order valence-electron chi connectivity index (χ4n) is 3.62. The summed E-state index contributed by atoms with van der Waals surface area (Å²) in [6.07, 6.45) is 0.443. The molecule has 1 atom stereocenters. The smallest absolute Gasteiger partial charge is 0.163 e. The van der Waals surface area contributed by atoms with E-state index in [0.717, 1.165) is 11.4 Å². The monoisotopic (exact) mass is 347 g/mol. The maximum absolute atomic E-state index is 12.9. The minimum atomic E-state index is 0.0526. The highest BCUT2D eigenvalue weighted by Crippen LogP contribution is 2.44. The molecule has 1 unspecified atom stereocenters. The molecule has 3 aromatic rings. The molecule has 0 radical (unpaired) electrons. The van der Waals surface area contributed by atoms with Crippen LogP contribution < -0.4 is 5.32 Å². The summed E-state index contributed by atoms with van der Waals surface area (Å²) in [4.78, 5) is 12.9. The summed E-state index contributed by atoms with van der Waals surface area (Å²) < 4.78 is 0. The number of para-hydroxylation sites is 1. The molecule has 1 aliphatic heterocycles. The second-order valence-corrected chi connectivity index (χ2v) is 6.87. The van der Waals surface area contributed by atoms with E-state index >= 15 is 0 Å². The Bertz CT molecular complexity index is 946. The Labute approximate surface area is 152 Å². The van der Waals surface area contributed by atoms with Crippen molar-refractivity contribution in [2.75, 3.05) is 5.32 Å². The summed E-state index contributed by atoms with van der Waals surface area (Å²) in [5.74, 6) is 0.185. The number of Topliss-reactive ketones (excluding diaryl/α,β-unsaturated/α-hetero) is 1. The molecule has 0 spiro atoms. The molecule has 0 saturated heterocycles. The number of hydrogen-bond acceptors (Lipinski definition) is 2. The van der Waals surface area contributed by atoms with Crippen LogP contribution in [-0.4, -0.2) is 5.78 Å². The Kier molecular flexibility index (Phi) is 4.06. The van der Waals surface area contributed by atoms with Crippen LogP contribution in [0.1, 0.15) is 39.4 Å². The summed E-state index contributed by atoms with van der Waals surface area (Å²) in [6.45, 7) is 2.11. The Morgan fingerprint density at radius 1 is 0.960 bits per heavy atom. The number of carbonyl (C=O) groups is 1. The van der Waals surface area contributed by atoms with Crippen molar-refractivity contribution in [2.24, 2.45) is 0 Å². The van der Waals surface area contributed by atoms with E-state index in [-0.39, 0.29) is 11.7 Å². The van der Waals surface area contributed by atoms with E-state index in [4.69, 9.17) is 11.6 Å². The lowest BCUT2D eigenvalue weighted by molar-refractivity contribution is 0.0977. The third kappa shape index (κ3) is 2.94. The SMILES string of the molecule is Cc1cccc2c1C(CC(=O)c1ccc(Cl)cc1)c1ccccc1N2. The van der Waals surface area contributed by atoms with Gasteiger partial charge in [-0.1, -0.05) is 41.9 Å². The van der Waals surface area contributed by atoms with E-state index in [1.54, 1.807) is 24.3 Å². The van der Waals surface area contributed by atoms with Crippen LogP contribution in [0.5, 0.6) is 0 Å². The van der Waals surface area contributed by atoms with Gasteiger partial charge in [-0.3, -0.25) is 4.79 Å². The van der Waals surface area contributed by atoms with Crippen molar-refractivity contribution in [1.82, 2.24) is 0 Å². The molecule has 25 heavy (non-hydrogen) atoms. The van der Waals surface area contributed by atoms with E-state index in [1.165, 1.54) is 16.7 Å². The lowest BCUT2D eigenvalue weighted by atomic mass is 9.80. The van der Waals surface area contributed by atoms with Gasteiger partial charge in [0.1, 0.15) is 0 Å². The predicted molar refractivity (Wildman–Crippen MR) is 103 cm³/mol. The third-order valence-electron chi connectivity index (χ3n) is 4.83. The first-order valence-electron chi connectivity index (χ1n) is 8.37. The molecule has 4 rings (SSSR count). The number of fused-ring (bicyclic) bond motifs is 2. The Hall–Kier alpha value is -2.58. The van der Waals surface area contributed by atoms with E-state index in [0.29, 0.717) is 17.0 Å². The van der Waals surface area contributed by atoms with Crippen LogP contribution in [0.4, 0.5) is 11.4 Å². The summed E-state index contributed by atoms with van der Waals surface area (Å²) in [6, 6.07) is 21.6. The zero-order valence-electron chi connectivity index (χ0n) is 13.9. The fourth-order valence-corrected chi connectivity index (χ4v) is 3.74. The molecule has 124 valence electrons. The summed E-state index contributed by atoms with van der Waals surface area (Å²) >= 11 is 5.94. The van der Waals surface area contributed by atoms with E-state index < -0.39 is 0 Å². The number of hydrogen-bond donors (Lipinski definition) is 1. The molecule has 0 saturated carbocycles. The van der Waals surface area contributed by atoms with Crippen molar-refractivity contribution in [3.05, 3.63) is 94.0 Å². The van der Waals surface area contributed by atoms with Crippen molar-refractivity contribution in [3.63, 3.8) is 0 Å². The van der Waals surface area contributed by atoms with Crippen LogP contribution in [0.2, 0.25) is 5.02 Å². The largest absolute Gasteiger partial charge is 0.355 e. The highest BCUT2D eigenvalue weighted by Gasteiger charge is 2.28. The zero-order chi connectivity index (χ0) is 17.4. The fraction of sp³-hybridized carbons (Fsp3) is 0.136. The second-order valence-electron chi connectivity index (χ2n) is 6.44. The van der Waals surface area contributed by atoms with Gasteiger partial charge in [-0.05, 0) is 60.0 Å².